The Kier molecular flexibility index (Phi) is 7.31. The SMILES string of the molecule is CC1(C)c2ccccc2-c2ccc(N(c3ccc(-c4cccc5c4oc4ccccc45)cc3)c3c(-c4ccc5ccccc5c4)c4ccccc4c4ccccc34)cc21. The fourth-order valence-corrected chi connectivity index (χ4v) is 10.00. The number of furan rings is 1. The molecule has 10 aromatic carbocycles. The molecule has 0 unspecified atom stereocenters. The van der Waals surface area contributed by atoms with Gasteiger partial charge in [0.1, 0.15) is 11.2 Å². The first kappa shape index (κ1) is 33.7. The second kappa shape index (κ2) is 12.8. The van der Waals surface area contributed by atoms with Gasteiger partial charge in [-0.25, -0.2) is 0 Å². The fourth-order valence-electron chi connectivity index (χ4n) is 10.00. The van der Waals surface area contributed by atoms with Gasteiger partial charge >= 0.3 is 0 Å². The second-order valence-electron chi connectivity index (χ2n) is 16.4. The number of rotatable bonds is 5. The molecule has 0 radical (unpaired) electrons. The fraction of sp³-hybridized carbons (Fsp3) is 0.0526. The highest BCUT2D eigenvalue weighted by atomic mass is 16.3. The molecule has 0 amide bonds. The third kappa shape index (κ3) is 5.06. The van der Waals surface area contributed by atoms with Crippen molar-refractivity contribution in [3.05, 3.63) is 211 Å². The second-order valence-corrected chi connectivity index (χ2v) is 16.4. The number of benzene rings is 10. The number of para-hydroxylation sites is 2. The third-order valence-electron chi connectivity index (χ3n) is 12.8. The van der Waals surface area contributed by atoms with E-state index in [1.807, 2.05) is 6.07 Å². The van der Waals surface area contributed by atoms with Crippen LogP contribution in [0.15, 0.2) is 205 Å². The number of nitrogens with zero attached hydrogens (tertiary/aromatic N) is 1. The Bertz CT molecular complexity index is 3480. The molecule has 1 heterocycles. The van der Waals surface area contributed by atoms with Gasteiger partial charge in [-0.3, -0.25) is 0 Å². The standard InChI is InChI=1S/C57H39NO/c1-57(2)51-24-11-9-18-45(51)46-33-32-41(35-52(46)57)58(40-30-28-37(29-31-40)42-22-13-23-50-47-19-10-12-25-53(47)59-56(42)50)55-49-21-8-6-17-44(49)43-16-5-7-20-48(43)54(55)39-27-26-36-14-3-4-15-38(36)34-39/h3-35H,1-2H3. The van der Waals surface area contributed by atoms with E-state index in [-0.39, 0.29) is 5.41 Å². The molecule has 1 aromatic heterocycles. The highest BCUT2D eigenvalue weighted by Gasteiger charge is 2.36. The summed E-state index contributed by atoms with van der Waals surface area (Å²) < 4.78 is 6.52. The van der Waals surface area contributed by atoms with Crippen LogP contribution in [-0.2, 0) is 5.41 Å². The molecule has 278 valence electrons. The van der Waals surface area contributed by atoms with Gasteiger partial charge in [-0.15, -0.1) is 0 Å². The van der Waals surface area contributed by atoms with Crippen LogP contribution in [0.2, 0.25) is 0 Å². The van der Waals surface area contributed by atoms with Crippen LogP contribution in [0, 0.1) is 0 Å². The van der Waals surface area contributed by atoms with Crippen molar-refractivity contribution < 1.29 is 4.42 Å². The van der Waals surface area contributed by atoms with Crippen molar-refractivity contribution in [1.29, 1.82) is 0 Å². The lowest BCUT2D eigenvalue weighted by Crippen LogP contribution is -2.17. The van der Waals surface area contributed by atoms with Crippen molar-refractivity contribution >= 4 is 71.3 Å². The van der Waals surface area contributed by atoms with Gasteiger partial charge < -0.3 is 9.32 Å². The molecule has 1 aliphatic rings. The van der Waals surface area contributed by atoms with Gasteiger partial charge in [0.05, 0.1) is 5.69 Å². The van der Waals surface area contributed by atoms with Gasteiger partial charge in [0.25, 0.3) is 0 Å². The Morgan fingerprint density at radius 2 is 0.983 bits per heavy atom. The molecule has 0 spiro atoms. The van der Waals surface area contributed by atoms with E-state index in [9.17, 15) is 0 Å². The summed E-state index contributed by atoms with van der Waals surface area (Å²) in [6.45, 7) is 4.73. The lowest BCUT2D eigenvalue weighted by molar-refractivity contribution is 0.660. The van der Waals surface area contributed by atoms with Crippen molar-refractivity contribution in [3.8, 4) is 33.4 Å². The predicted octanol–water partition coefficient (Wildman–Crippen LogP) is 16.2. The summed E-state index contributed by atoms with van der Waals surface area (Å²) in [5, 5.41) is 9.63. The first-order chi connectivity index (χ1) is 29.0. The molecular formula is C57H39NO. The molecule has 0 N–H and O–H groups in total. The van der Waals surface area contributed by atoms with Gasteiger partial charge in [0.15, 0.2) is 0 Å². The van der Waals surface area contributed by atoms with E-state index in [1.54, 1.807) is 0 Å². The lowest BCUT2D eigenvalue weighted by atomic mass is 9.82. The van der Waals surface area contributed by atoms with Gasteiger partial charge in [-0.2, -0.15) is 0 Å². The predicted molar refractivity (Wildman–Crippen MR) is 249 cm³/mol. The van der Waals surface area contributed by atoms with Crippen LogP contribution in [0.4, 0.5) is 17.1 Å². The molecule has 12 rings (SSSR count). The maximum absolute atomic E-state index is 6.52. The average Bonchev–Trinajstić information content (AvgIpc) is 3.78. The minimum atomic E-state index is -0.157. The molecule has 1 aliphatic carbocycles. The van der Waals surface area contributed by atoms with Crippen LogP contribution in [0.1, 0.15) is 25.0 Å². The Hall–Kier alpha value is -7.42. The molecule has 2 heteroatoms. The number of hydrogen-bond acceptors (Lipinski definition) is 2. The molecule has 0 saturated heterocycles. The molecule has 0 saturated carbocycles. The monoisotopic (exact) mass is 753 g/mol. The smallest absolute Gasteiger partial charge is 0.143 e. The summed E-state index contributed by atoms with van der Waals surface area (Å²) in [7, 11) is 0. The van der Waals surface area contributed by atoms with Gasteiger partial charge in [-0.05, 0) is 96.7 Å². The summed E-state index contributed by atoms with van der Waals surface area (Å²) >= 11 is 0. The maximum Gasteiger partial charge on any atom is 0.143 e. The Morgan fingerprint density at radius 1 is 0.390 bits per heavy atom. The molecular weight excluding hydrogens is 715 g/mol. The van der Waals surface area contributed by atoms with Crippen LogP contribution in [0.25, 0.3) is 87.6 Å². The first-order valence-corrected chi connectivity index (χ1v) is 20.5. The van der Waals surface area contributed by atoms with E-state index in [0.29, 0.717) is 0 Å². The van der Waals surface area contributed by atoms with Crippen molar-refractivity contribution in [2.24, 2.45) is 0 Å². The molecule has 59 heavy (non-hydrogen) atoms. The number of fused-ring (bicyclic) bond motifs is 10. The van der Waals surface area contributed by atoms with Crippen LogP contribution < -0.4 is 4.90 Å². The summed E-state index contributed by atoms with van der Waals surface area (Å²) in [6.07, 6.45) is 0. The molecule has 11 aromatic rings. The lowest BCUT2D eigenvalue weighted by Gasteiger charge is -2.32. The number of hydrogen-bond donors (Lipinski definition) is 0. The van der Waals surface area contributed by atoms with Crippen LogP contribution in [0.5, 0.6) is 0 Å². The normalized spacial score (nSPS) is 13.1. The van der Waals surface area contributed by atoms with E-state index in [1.165, 1.54) is 65.7 Å². The van der Waals surface area contributed by atoms with Gasteiger partial charge in [0, 0.05) is 44.1 Å². The van der Waals surface area contributed by atoms with Crippen molar-refractivity contribution in [1.82, 2.24) is 0 Å². The van der Waals surface area contributed by atoms with E-state index < -0.39 is 0 Å². The molecule has 0 atom stereocenters. The highest BCUT2D eigenvalue weighted by molar-refractivity contribution is 6.23. The summed E-state index contributed by atoms with van der Waals surface area (Å²) in [5.74, 6) is 0. The molecule has 0 fully saturated rings. The minimum Gasteiger partial charge on any atom is -0.455 e. The minimum absolute atomic E-state index is 0.157. The summed E-state index contributed by atoms with van der Waals surface area (Å²) in [4.78, 5) is 2.52. The zero-order valence-corrected chi connectivity index (χ0v) is 32.9. The third-order valence-corrected chi connectivity index (χ3v) is 12.8. The van der Waals surface area contributed by atoms with Crippen molar-refractivity contribution in [2.45, 2.75) is 19.3 Å². The Labute approximate surface area is 343 Å². The van der Waals surface area contributed by atoms with E-state index >= 15 is 0 Å². The molecule has 0 bridgehead atoms. The largest absolute Gasteiger partial charge is 0.455 e. The van der Waals surface area contributed by atoms with E-state index in [4.69, 9.17) is 4.42 Å². The first-order valence-electron chi connectivity index (χ1n) is 20.5. The molecule has 0 aliphatic heterocycles. The summed E-state index contributed by atoms with van der Waals surface area (Å²) in [6, 6.07) is 73.4. The van der Waals surface area contributed by atoms with Crippen LogP contribution in [-0.4, -0.2) is 0 Å². The molecule has 2 nitrogen and oxygen atoms in total. The van der Waals surface area contributed by atoms with E-state index in [0.717, 1.165) is 50.1 Å². The number of anilines is 3. The topological polar surface area (TPSA) is 16.4 Å². The summed E-state index contributed by atoms with van der Waals surface area (Å²) in [5.41, 5.74) is 15.0. The quantitative estimate of drug-likeness (QED) is 0.163. The van der Waals surface area contributed by atoms with Crippen LogP contribution in [0.3, 0.4) is 0 Å². The zero-order chi connectivity index (χ0) is 39.2. The van der Waals surface area contributed by atoms with Gasteiger partial charge in [-0.1, -0.05) is 178 Å². The highest BCUT2D eigenvalue weighted by Crippen LogP contribution is 2.54. The zero-order valence-electron chi connectivity index (χ0n) is 32.9. The van der Waals surface area contributed by atoms with Crippen molar-refractivity contribution in [3.63, 3.8) is 0 Å². The Morgan fingerprint density at radius 3 is 1.81 bits per heavy atom. The van der Waals surface area contributed by atoms with E-state index in [2.05, 4.69) is 213 Å². The average molecular weight is 754 g/mol. The Balaban J connectivity index is 1.14. The maximum atomic E-state index is 6.52. The van der Waals surface area contributed by atoms with Crippen LogP contribution >= 0.6 is 0 Å². The van der Waals surface area contributed by atoms with Gasteiger partial charge in [0.2, 0.25) is 0 Å². The van der Waals surface area contributed by atoms with Crippen molar-refractivity contribution in [2.75, 3.05) is 4.90 Å².